The third kappa shape index (κ3) is 3.25. The molecule has 0 bridgehead atoms. The highest BCUT2D eigenvalue weighted by Gasteiger charge is 2.23. The molecule has 0 saturated heterocycles. The number of thiophene rings is 2. The van der Waals surface area contributed by atoms with Crippen LogP contribution in [0.3, 0.4) is 0 Å². The van der Waals surface area contributed by atoms with Crippen LogP contribution >= 0.6 is 34.4 Å². The van der Waals surface area contributed by atoms with Crippen LogP contribution in [0.5, 0.6) is 0 Å². The van der Waals surface area contributed by atoms with Crippen molar-refractivity contribution in [1.82, 2.24) is 19.9 Å². The summed E-state index contributed by atoms with van der Waals surface area (Å²) >= 11 is 4.76. The summed E-state index contributed by atoms with van der Waals surface area (Å²) in [4.78, 5) is 33.6. The Kier molecular flexibility index (Phi) is 4.64. The molecule has 6 nitrogen and oxygen atoms in total. The van der Waals surface area contributed by atoms with E-state index in [0.717, 1.165) is 38.3 Å². The minimum Gasteiger partial charge on any atom is -0.383 e. The number of nitrogens with two attached hydrogens (primary N) is 1. The standard InChI is InChI=1S/C20H21N5OS3/c1-8-4-5-11-12(6-8)29-19-15(11)16(21)24-20(25-19)27-7-13-22-17(26)14-9(2)10(3)28-18(14)23-13/h8H,4-7H2,1-3H3,(H2,21,24,25)(H,22,23,26). The molecule has 0 aliphatic heterocycles. The lowest BCUT2D eigenvalue weighted by molar-refractivity contribution is 0.509. The van der Waals surface area contributed by atoms with Gasteiger partial charge in [0.15, 0.2) is 5.16 Å². The third-order valence-corrected chi connectivity index (χ3v) is 8.70. The lowest BCUT2D eigenvalue weighted by atomic mass is 9.89. The quantitative estimate of drug-likeness (QED) is 0.355. The molecule has 4 aromatic rings. The molecule has 1 aliphatic carbocycles. The number of aryl methyl sites for hydroxylation is 3. The van der Waals surface area contributed by atoms with Gasteiger partial charge >= 0.3 is 0 Å². The first-order chi connectivity index (χ1) is 13.9. The van der Waals surface area contributed by atoms with E-state index < -0.39 is 0 Å². The van der Waals surface area contributed by atoms with Crippen molar-refractivity contribution < 1.29 is 0 Å². The van der Waals surface area contributed by atoms with Gasteiger partial charge < -0.3 is 10.7 Å². The molecular weight excluding hydrogens is 422 g/mol. The number of nitrogens with zero attached hydrogens (tertiary/aromatic N) is 3. The van der Waals surface area contributed by atoms with Crippen LogP contribution in [0.15, 0.2) is 9.95 Å². The molecule has 1 atom stereocenters. The second-order valence-electron chi connectivity index (χ2n) is 7.69. The number of fused-ring (bicyclic) bond motifs is 4. The van der Waals surface area contributed by atoms with Crippen LogP contribution in [0.4, 0.5) is 5.82 Å². The normalized spacial score (nSPS) is 16.6. The Hall–Kier alpha value is -1.97. The second-order valence-corrected chi connectivity index (χ2v) is 10.9. The van der Waals surface area contributed by atoms with Crippen molar-refractivity contribution in [1.29, 1.82) is 0 Å². The number of nitrogens with one attached hydrogen (secondary N) is 1. The fourth-order valence-electron chi connectivity index (χ4n) is 3.92. The number of hydrogen-bond donors (Lipinski definition) is 2. The molecule has 29 heavy (non-hydrogen) atoms. The molecule has 0 aromatic carbocycles. The van der Waals surface area contributed by atoms with Crippen LogP contribution in [0.25, 0.3) is 20.4 Å². The van der Waals surface area contributed by atoms with Crippen LogP contribution in [0.1, 0.15) is 40.1 Å². The van der Waals surface area contributed by atoms with Gasteiger partial charge in [-0.2, -0.15) is 0 Å². The van der Waals surface area contributed by atoms with Crippen molar-refractivity contribution >= 4 is 60.7 Å². The molecule has 1 unspecified atom stereocenters. The summed E-state index contributed by atoms with van der Waals surface area (Å²) in [6, 6.07) is 0. The van der Waals surface area contributed by atoms with E-state index in [-0.39, 0.29) is 5.56 Å². The van der Waals surface area contributed by atoms with Crippen LogP contribution in [-0.4, -0.2) is 19.9 Å². The number of hydrogen-bond acceptors (Lipinski definition) is 8. The lowest BCUT2D eigenvalue weighted by Gasteiger charge is -2.17. The van der Waals surface area contributed by atoms with E-state index in [9.17, 15) is 4.79 Å². The maximum Gasteiger partial charge on any atom is 0.259 e. The third-order valence-electron chi connectivity index (χ3n) is 5.59. The van der Waals surface area contributed by atoms with Crippen molar-refractivity contribution in [2.75, 3.05) is 5.73 Å². The van der Waals surface area contributed by atoms with Crippen molar-refractivity contribution in [3.63, 3.8) is 0 Å². The van der Waals surface area contributed by atoms with Gasteiger partial charge in [0.05, 0.1) is 16.5 Å². The number of H-pyrrole nitrogens is 1. The highest BCUT2D eigenvalue weighted by molar-refractivity contribution is 7.98. The van der Waals surface area contributed by atoms with E-state index in [0.29, 0.717) is 33.9 Å². The van der Waals surface area contributed by atoms with Crippen molar-refractivity contribution in [2.24, 2.45) is 5.92 Å². The summed E-state index contributed by atoms with van der Waals surface area (Å²) in [6.45, 7) is 6.28. The number of nitrogen functional groups attached to an aromatic ring is 1. The van der Waals surface area contributed by atoms with E-state index in [1.165, 1.54) is 28.6 Å². The van der Waals surface area contributed by atoms with Gasteiger partial charge in [-0.3, -0.25) is 4.79 Å². The molecule has 4 aromatic heterocycles. The second kappa shape index (κ2) is 7.07. The van der Waals surface area contributed by atoms with Crippen molar-refractivity contribution in [3.05, 3.63) is 37.1 Å². The molecule has 4 heterocycles. The zero-order valence-electron chi connectivity index (χ0n) is 16.5. The van der Waals surface area contributed by atoms with Gasteiger partial charge in [0.2, 0.25) is 0 Å². The molecule has 0 amide bonds. The van der Waals surface area contributed by atoms with E-state index in [2.05, 4.69) is 21.9 Å². The fourth-order valence-corrected chi connectivity index (χ4v) is 7.13. The molecule has 1 aliphatic rings. The van der Waals surface area contributed by atoms with Gasteiger partial charge in [-0.25, -0.2) is 15.0 Å². The molecule has 0 saturated carbocycles. The number of anilines is 1. The van der Waals surface area contributed by atoms with Crippen LogP contribution in [-0.2, 0) is 18.6 Å². The zero-order valence-corrected chi connectivity index (χ0v) is 18.9. The highest BCUT2D eigenvalue weighted by atomic mass is 32.2. The maximum absolute atomic E-state index is 12.5. The van der Waals surface area contributed by atoms with E-state index in [1.807, 2.05) is 13.8 Å². The Morgan fingerprint density at radius 1 is 1.17 bits per heavy atom. The van der Waals surface area contributed by atoms with Gasteiger partial charge in [-0.05, 0) is 50.2 Å². The van der Waals surface area contributed by atoms with E-state index in [1.54, 1.807) is 22.7 Å². The average Bonchev–Trinajstić information content (AvgIpc) is 3.17. The first kappa shape index (κ1) is 19.0. The molecule has 5 rings (SSSR count). The monoisotopic (exact) mass is 443 g/mol. The van der Waals surface area contributed by atoms with Crippen molar-refractivity contribution in [3.8, 4) is 0 Å². The number of thioether (sulfide) groups is 1. The van der Waals surface area contributed by atoms with E-state index in [4.69, 9.17) is 10.7 Å². The molecule has 0 radical (unpaired) electrons. The maximum atomic E-state index is 12.5. The van der Waals surface area contributed by atoms with E-state index >= 15 is 0 Å². The fraction of sp³-hybridized carbons (Fsp3) is 0.400. The van der Waals surface area contributed by atoms with Gasteiger partial charge in [-0.1, -0.05) is 18.7 Å². The Bertz CT molecular complexity index is 1320. The predicted octanol–water partition coefficient (Wildman–Crippen LogP) is 4.61. The summed E-state index contributed by atoms with van der Waals surface area (Å²) in [5.74, 6) is 2.40. The van der Waals surface area contributed by atoms with Gasteiger partial charge in [0, 0.05) is 9.75 Å². The average molecular weight is 444 g/mol. The van der Waals surface area contributed by atoms with Crippen LogP contribution in [0.2, 0.25) is 0 Å². The Balaban J connectivity index is 1.45. The number of aromatic nitrogens is 4. The first-order valence-corrected chi connectivity index (χ1v) is 12.2. The highest BCUT2D eigenvalue weighted by Crippen LogP contribution is 2.40. The van der Waals surface area contributed by atoms with Crippen LogP contribution < -0.4 is 11.3 Å². The van der Waals surface area contributed by atoms with Gasteiger partial charge in [0.25, 0.3) is 5.56 Å². The molecule has 3 N–H and O–H groups in total. The Morgan fingerprint density at radius 2 is 1.97 bits per heavy atom. The zero-order chi connectivity index (χ0) is 20.3. The molecule has 0 spiro atoms. The Labute approximate surface area is 180 Å². The molecule has 150 valence electrons. The SMILES string of the molecule is Cc1sc2nc(CSc3nc(N)c4c5c(sc4n3)CC(C)CC5)[nH]c(=O)c2c1C. The van der Waals surface area contributed by atoms with Gasteiger partial charge in [-0.15, -0.1) is 22.7 Å². The summed E-state index contributed by atoms with van der Waals surface area (Å²) < 4.78 is 0. The molecule has 0 fully saturated rings. The minimum absolute atomic E-state index is 0.0802. The van der Waals surface area contributed by atoms with Crippen molar-refractivity contribution in [2.45, 2.75) is 50.9 Å². The predicted molar refractivity (Wildman–Crippen MR) is 122 cm³/mol. The molecule has 9 heteroatoms. The smallest absolute Gasteiger partial charge is 0.259 e. The lowest BCUT2D eigenvalue weighted by Crippen LogP contribution is -2.11. The first-order valence-electron chi connectivity index (χ1n) is 9.60. The van der Waals surface area contributed by atoms with Crippen LogP contribution in [0, 0.1) is 19.8 Å². The number of aromatic amines is 1. The van der Waals surface area contributed by atoms with Gasteiger partial charge in [0.1, 0.15) is 21.3 Å². The summed E-state index contributed by atoms with van der Waals surface area (Å²) in [5.41, 5.74) is 8.59. The largest absolute Gasteiger partial charge is 0.383 e. The Morgan fingerprint density at radius 3 is 2.79 bits per heavy atom. The molecular formula is C20H21N5OS3. The number of rotatable bonds is 3. The summed E-state index contributed by atoms with van der Waals surface area (Å²) in [6.07, 6.45) is 3.35. The topological polar surface area (TPSA) is 97.5 Å². The summed E-state index contributed by atoms with van der Waals surface area (Å²) in [7, 11) is 0. The summed E-state index contributed by atoms with van der Waals surface area (Å²) in [5, 5.41) is 2.36. The minimum atomic E-state index is -0.0802.